The van der Waals surface area contributed by atoms with Gasteiger partial charge in [-0.15, -0.1) is 10.2 Å². The molecule has 0 spiro atoms. The Morgan fingerprint density at radius 3 is 2.57 bits per heavy atom. The summed E-state index contributed by atoms with van der Waals surface area (Å²) in [5, 5.41) is 19.3. The predicted molar refractivity (Wildman–Crippen MR) is 125 cm³/mol. The fourth-order valence-electron chi connectivity index (χ4n) is 3.40. The summed E-state index contributed by atoms with van der Waals surface area (Å²) >= 11 is 6.26. The first-order valence-corrected chi connectivity index (χ1v) is 10.8. The van der Waals surface area contributed by atoms with Gasteiger partial charge >= 0.3 is 6.18 Å². The summed E-state index contributed by atoms with van der Waals surface area (Å²) in [5.74, 6) is -2.52. The molecule has 0 unspecified atom stereocenters. The molecule has 37 heavy (non-hydrogen) atoms. The van der Waals surface area contributed by atoms with Crippen LogP contribution in [-0.2, 0) is 12.7 Å². The van der Waals surface area contributed by atoms with E-state index in [-0.39, 0.29) is 40.0 Å². The van der Waals surface area contributed by atoms with E-state index in [9.17, 15) is 22.8 Å². The van der Waals surface area contributed by atoms with E-state index in [1.807, 2.05) is 0 Å². The van der Waals surface area contributed by atoms with Crippen molar-refractivity contribution in [2.45, 2.75) is 19.6 Å². The molecule has 0 radical (unpaired) electrons. The summed E-state index contributed by atoms with van der Waals surface area (Å²) in [6.07, 6.45) is -3.35. The average molecular weight is 535 g/mol. The van der Waals surface area contributed by atoms with Gasteiger partial charge in [-0.3, -0.25) is 9.59 Å². The molecule has 3 aromatic heterocycles. The van der Waals surface area contributed by atoms with Crippen LogP contribution >= 0.6 is 11.6 Å². The van der Waals surface area contributed by atoms with Gasteiger partial charge in [0.05, 0.1) is 22.0 Å². The normalized spacial score (nSPS) is 11.4. The van der Waals surface area contributed by atoms with Crippen molar-refractivity contribution >= 4 is 34.8 Å². The summed E-state index contributed by atoms with van der Waals surface area (Å²) in [6, 6.07) is 7.39. The Bertz CT molecular complexity index is 1500. The number of aromatic nitrogens is 7. The van der Waals surface area contributed by atoms with Crippen molar-refractivity contribution in [1.29, 1.82) is 0 Å². The van der Waals surface area contributed by atoms with E-state index in [4.69, 9.17) is 17.3 Å². The lowest BCUT2D eigenvalue weighted by Gasteiger charge is -2.15. The number of hydrogen-bond donors (Lipinski definition) is 3. The summed E-state index contributed by atoms with van der Waals surface area (Å²) in [7, 11) is 1.43. The number of rotatable bonds is 6. The van der Waals surface area contributed by atoms with Gasteiger partial charge in [0.1, 0.15) is 12.2 Å². The van der Waals surface area contributed by atoms with Gasteiger partial charge in [0.15, 0.2) is 5.82 Å². The molecular formula is C21H18ClF3N10O2. The second-order valence-corrected chi connectivity index (χ2v) is 8.08. The lowest BCUT2D eigenvalue weighted by atomic mass is 10.1. The maximum atomic E-state index is 13.4. The largest absolute Gasteiger partial charge is 0.455 e. The van der Waals surface area contributed by atoms with Crippen LogP contribution in [0.1, 0.15) is 37.9 Å². The van der Waals surface area contributed by atoms with Crippen LogP contribution in [0, 0.1) is 6.92 Å². The Morgan fingerprint density at radius 2 is 1.92 bits per heavy atom. The van der Waals surface area contributed by atoms with Crippen LogP contribution in [0.15, 0.2) is 36.5 Å². The van der Waals surface area contributed by atoms with Crippen molar-refractivity contribution in [2.24, 2.45) is 0 Å². The Balaban J connectivity index is 1.75. The number of halogens is 4. The molecule has 4 N–H and O–H groups in total. The molecule has 0 bridgehead atoms. The van der Waals surface area contributed by atoms with Gasteiger partial charge < -0.3 is 16.4 Å². The van der Waals surface area contributed by atoms with Crippen molar-refractivity contribution in [2.75, 3.05) is 18.1 Å². The van der Waals surface area contributed by atoms with Gasteiger partial charge in [-0.2, -0.15) is 23.1 Å². The highest BCUT2D eigenvalue weighted by molar-refractivity contribution is 6.32. The standard InChI is InChI=1S/C21H18ClF3N10O2/c1-10-6-11(26)7-13(18(36)27-2)16(10)29-19(37)15-8-12(9-34-32-20(30-33-34)21(23,24)25)31-35(15)17-14(22)4-3-5-28-17/h3-8H,9,26H2,1-2H3,(H,27,36)(H,29,37). The molecule has 4 rings (SSSR count). The van der Waals surface area contributed by atoms with Gasteiger partial charge in [-0.05, 0) is 48.0 Å². The number of hydrogen-bond acceptors (Lipinski definition) is 8. The van der Waals surface area contributed by atoms with Crippen LogP contribution < -0.4 is 16.4 Å². The summed E-state index contributed by atoms with van der Waals surface area (Å²) in [6.45, 7) is 1.32. The molecule has 4 aromatic rings. The first-order chi connectivity index (χ1) is 17.5. The third-order valence-corrected chi connectivity index (χ3v) is 5.31. The zero-order chi connectivity index (χ0) is 26.9. The maximum Gasteiger partial charge on any atom is 0.455 e. The zero-order valence-corrected chi connectivity index (χ0v) is 20.0. The average Bonchev–Trinajstić information content (AvgIpc) is 3.48. The predicted octanol–water partition coefficient (Wildman–Crippen LogP) is 2.48. The molecule has 0 fully saturated rings. The Morgan fingerprint density at radius 1 is 1.16 bits per heavy atom. The first kappa shape index (κ1) is 25.6. The SMILES string of the molecule is CNC(=O)c1cc(N)cc(C)c1NC(=O)c1cc(Cn2nnc(C(F)(F)F)n2)nn1-c1ncccc1Cl. The zero-order valence-electron chi connectivity index (χ0n) is 19.2. The molecule has 0 aliphatic rings. The highest BCUT2D eigenvalue weighted by Crippen LogP contribution is 2.27. The van der Waals surface area contributed by atoms with Gasteiger partial charge in [0, 0.05) is 18.9 Å². The highest BCUT2D eigenvalue weighted by atomic mass is 35.5. The molecule has 3 heterocycles. The first-order valence-electron chi connectivity index (χ1n) is 10.5. The summed E-state index contributed by atoms with van der Waals surface area (Å²) < 4.78 is 39.7. The number of nitrogen functional groups attached to an aromatic ring is 1. The number of pyridine rings is 1. The number of aryl methyl sites for hydroxylation is 1. The number of alkyl halides is 3. The number of carbonyl (C=O) groups is 2. The molecule has 0 saturated heterocycles. The fraction of sp³-hybridized carbons (Fsp3) is 0.190. The Labute approximate surface area is 211 Å². The van der Waals surface area contributed by atoms with E-state index < -0.39 is 23.8 Å². The quantitative estimate of drug-likeness (QED) is 0.318. The van der Waals surface area contributed by atoms with E-state index in [0.717, 1.165) is 4.68 Å². The van der Waals surface area contributed by atoms with Crippen LogP contribution in [0.3, 0.4) is 0 Å². The number of nitrogens with one attached hydrogen (secondary N) is 2. The van der Waals surface area contributed by atoms with Crippen LogP contribution in [-0.4, -0.2) is 53.8 Å². The molecule has 0 aliphatic carbocycles. The van der Waals surface area contributed by atoms with Crippen molar-refractivity contribution in [3.63, 3.8) is 0 Å². The smallest absolute Gasteiger partial charge is 0.399 e. The van der Waals surface area contributed by atoms with Crippen molar-refractivity contribution < 1.29 is 22.8 Å². The van der Waals surface area contributed by atoms with Gasteiger partial charge in [0.25, 0.3) is 17.6 Å². The van der Waals surface area contributed by atoms with Crippen LogP contribution in [0.5, 0.6) is 0 Å². The van der Waals surface area contributed by atoms with Crippen LogP contribution in [0.2, 0.25) is 5.02 Å². The number of nitrogens with zero attached hydrogens (tertiary/aromatic N) is 7. The van der Waals surface area contributed by atoms with E-state index in [0.29, 0.717) is 16.0 Å². The number of benzene rings is 1. The number of anilines is 2. The summed E-state index contributed by atoms with van der Waals surface area (Å²) in [5.41, 5.74) is 7.06. The minimum Gasteiger partial charge on any atom is -0.399 e. The minimum atomic E-state index is -4.77. The second-order valence-electron chi connectivity index (χ2n) is 7.68. The van der Waals surface area contributed by atoms with Crippen molar-refractivity contribution in [3.05, 3.63) is 69.9 Å². The Hall–Kier alpha value is -4.53. The van der Waals surface area contributed by atoms with E-state index in [1.54, 1.807) is 19.1 Å². The van der Waals surface area contributed by atoms with Crippen LogP contribution in [0.25, 0.3) is 5.82 Å². The lowest BCUT2D eigenvalue weighted by molar-refractivity contribution is -0.145. The monoisotopic (exact) mass is 534 g/mol. The molecule has 0 atom stereocenters. The topological polar surface area (TPSA) is 159 Å². The molecular weight excluding hydrogens is 517 g/mol. The van der Waals surface area contributed by atoms with Gasteiger partial charge in [-0.1, -0.05) is 11.6 Å². The molecule has 16 heteroatoms. The lowest BCUT2D eigenvalue weighted by Crippen LogP contribution is -2.24. The minimum absolute atomic E-state index is 0.0779. The highest BCUT2D eigenvalue weighted by Gasteiger charge is 2.37. The third kappa shape index (κ3) is 5.35. The van der Waals surface area contributed by atoms with E-state index >= 15 is 0 Å². The molecule has 192 valence electrons. The number of amides is 2. The number of tetrazole rings is 1. The van der Waals surface area contributed by atoms with E-state index in [2.05, 4.69) is 36.1 Å². The molecule has 2 amide bonds. The second kappa shape index (κ2) is 9.85. The maximum absolute atomic E-state index is 13.4. The van der Waals surface area contributed by atoms with Crippen molar-refractivity contribution in [3.8, 4) is 5.82 Å². The third-order valence-electron chi connectivity index (χ3n) is 5.01. The van der Waals surface area contributed by atoms with Gasteiger partial charge in [-0.25, -0.2) is 9.67 Å². The molecule has 12 nitrogen and oxygen atoms in total. The van der Waals surface area contributed by atoms with Crippen molar-refractivity contribution in [1.82, 2.24) is 40.3 Å². The number of carbonyl (C=O) groups excluding carboxylic acids is 2. The molecule has 0 aliphatic heterocycles. The fourth-order valence-corrected chi connectivity index (χ4v) is 3.61. The Kier molecular flexibility index (Phi) is 6.80. The van der Waals surface area contributed by atoms with E-state index in [1.165, 1.54) is 31.4 Å². The van der Waals surface area contributed by atoms with Gasteiger partial charge in [0.2, 0.25) is 0 Å². The number of nitrogens with two attached hydrogens (primary N) is 1. The summed E-state index contributed by atoms with van der Waals surface area (Å²) in [4.78, 5) is 30.7. The van der Waals surface area contributed by atoms with Crippen LogP contribution in [0.4, 0.5) is 24.5 Å². The molecule has 0 saturated carbocycles. The molecule has 1 aromatic carbocycles.